The fraction of sp³-hybridized carbons (Fsp3) is 0.900. The predicted octanol–water partition coefficient (Wildman–Crippen LogP) is 3.31. The summed E-state index contributed by atoms with van der Waals surface area (Å²) in [5, 5.41) is 19.6. The fourth-order valence-corrected chi connectivity index (χ4v) is 2.16. The molecule has 0 atom stereocenters. The van der Waals surface area contributed by atoms with E-state index in [0.717, 1.165) is 0 Å². The molecular formula is C10H17Cl2NO4. The molecule has 0 fully saturated rings. The minimum Gasteiger partial charge on any atom is -0.481 e. The summed E-state index contributed by atoms with van der Waals surface area (Å²) in [7, 11) is 0. The van der Waals surface area contributed by atoms with Crippen molar-refractivity contribution in [2.45, 2.75) is 45.0 Å². The van der Waals surface area contributed by atoms with Gasteiger partial charge in [-0.05, 0) is 35.0 Å². The van der Waals surface area contributed by atoms with Crippen LogP contribution in [0, 0.1) is 20.9 Å². The molecule has 100 valence electrons. The Morgan fingerprint density at radius 2 is 1.71 bits per heavy atom. The molecule has 0 radical (unpaired) electrons. The lowest BCUT2D eigenvalue weighted by Gasteiger charge is -2.36. The van der Waals surface area contributed by atoms with Crippen molar-refractivity contribution in [2.24, 2.45) is 10.8 Å². The van der Waals surface area contributed by atoms with E-state index in [2.05, 4.69) is 0 Å². The van der Waals surface area contributed by atoms with Gasteiger partial charge in [0, 0.05) is 0 Å². The van der Waals surface area contributed by atoms with E-state index < -0.39 is 26.2 Å². The second-order valence-corrected chi connectivity index (χ2v) is 6.88. The number of nitro groups is 1. The van der Waals surface area contributed by atoms with Crippen molar-refractivity contribution in [1.29, 1.82) is 0 Å². The van der Waals surface area contributed by atoms with E-state index in [9.17, 15) is 14.9 Å². The Balaban J connectivity index is 4.98. The van der Waals surface area contributed by atoms with Crippen molar-refractivity contribution in [1.82, 2.24) is 0 Å². The van der Waals surface area contributed by atoms with E-state index in [4.69, 9.17) is 28.3 Å². The molecule has 0 rings (SSSR count). The Bertz CT molecular complexity index is 326. The number of nitrogens with zero attached hydrogens (tertiary/aromatic N) is 1. The largest absolute Gasteiger partial charge is 0.481 e. The number of carboxylic acid groups (broad SMARTS) is 1. The lowest BCUT2D eigenvalue weighted by atomic mass is 9.73. The molecule has 0 aliphatic heterocycles. The van der Waals surface area contributed by atoms with Gasteiger partial charge in [-0.3, -0.25) is 14.9 Å². The molecule has 0 aromatic heterocycles. The number of rotatable bonds is 6. The second-order valence-electron chi connectivity index (χ2n) is 5.59. The highest BCUT2D eigenvalue weighted by Gasteiger charge is 2.55. The third kappa shape index (κ3) is 4.32. The van der Waals surface area contributed by atoms with E-state index >= 15 is 0 Å². The van der Waals surface area contributed by atoms with Gasteiger partial charge in [0.05, 0.1) is 16.8 Å². The van der Waals surface area contributed by atoms with E-state index in [0.29, 0.717) is 0 Å². The molecule has 0 amide bonds. The summed E-state index contributed by atoms with van der Waals surface area (Å²) in [5.74, 6) is -0.957. The Hall–Kier alpha value is -0.550. The topological polar surface area (TPSA) is 80.4 Å². The summed E-state index contributed by atoms with van der Waals surface area (Å²) in [6, 6.07) is 0. The predicted molar refractivity (Wildman–Crippen MR) is 65.9 cm³/mol. The van der Waals surface area contributed by atoms with Crippen LogP contribution < -0.4 is 0 Å². The number of carbonyl (C=O) groups is 1. The third-order valence-corrected chi connectivity index (χ3v) is 3.89. The van der Waals surface area contributed by atoms with Crippen molar-refractivity contribution in [2.75, 3.05) is 0 Å². The Morgan fingerprint density at radius 1 is 1.29 bits per heavy atom. The van der Waals surface area contributed by atoms with Gasteiger partial charge in [0.1, 0.15) is 0 Å². The molecule has 0 aromatic rings. The van der Waals surface area contributed by atoms with Crippen molar-refractivity contribution >= 4 is 29.2 Å². The lowest BCUT2D eigenvalue weighted by Crippen LogP contribution is -2.44. The Labute approximate surface area is 110 Å². The molecule has 0 unspecified atom stereocenters. The highest BCUT2D eigenvalue weighted by atomic mass is 35.5. The normalized spacial score (nSPS) is 13.5. The number of hydrogen-bond donors (Lipinski definition) is 1. The van der Waals surface area contributed by atoms with E-state index in [1.807, 2.05) is 0 Å². The van der Waals surface area contributed by atoms with Crippen LogP contribution in [0.15, 0.2) is 0 Å². The van der Waals surface area contributed by atoms with Crippen LogP contribution >= 0.6 is 23.2 Å². The molecule has 0 aliphatic carbocycles. The van der Waals surface area contributed by atoms with Crippen molar-refractivity contribution < 1.29 is 14.8 Å². The first-order valence-electron chi connectivity index (χ1n) is 5.06. The molecule has 0 saturated carbocycles. The van der Waals surface area contributed by atoms with E-state index in [1.54, 1.807) is 27.7 Å². The van der Waals surface area contributed by atoms with Crippen molar-refractivity contribution in [3.05, 3.63) is 10.1 Å². The summed E-state index contributed by atoms with van der Waals surface area (Å²) in [5.41, 5.74) is -1.67. The highest BCUT2D eigenvalue weighted by Crippen LogP contribution is 2.48. The maximum absolute atomic E-state index is 10.8. The number of hydrogen-bond acceptors (Lipinski definition) is 3. The average molecular weight is 286 g/mol. The maximum atomic E-state index is 10.8. The van der Waals surface area contributed by atoms with Gasteiger partial charge >= 0.3 is 10.4 Å². The zero-order valence-electron chi connectivity index (χ0n) is 10.3. The smallest absolute Gasteiger partial charge is 0.375 e. The SMILES string of the molecule is CC(C)(CC(=O)O)CC(C)(C)C(Cl)(Cl)[N+](=O)[O-]. The Kier molecular flexibility index (Phi) is 4.82. The van der Waals surface area contributed by atoms with Gasteiger partial charge in [0.2, 0.25) is 0 Å². The number of halogens is 2. The van der Waals surface area contributed by atoms with E-state index in [-0.39, 0.29) is 12.8 Å². The summed E-state index contributed by atoms with van der Waals surface area (Å²) in [4.78, 5) is 20.7. The van der Waals surface area contributed by atoms with Gasteiger partial charge in [-0.15, -0.1) is 0 Å². The molecule has 0 bridgehead atoms. The molecule has 1 N–H and O–H groups in total. The van der Waals surface area contributed by atoms with Gasteiger partial charge in [0.15, 0.2) is 0 Å². The van der Waals surface area contributed by atoms with Gasteiger partial charge in [-0.2, -0.15) is 0 Å². The monoisotopic (exact) mass is 285 g/mol. The number of alkyl halides is 2. The first kappa shape index (κ1) is 16.4. The summed E-state index contributed by atoms with van der Waals surface area (Å²) < 4.78 is -2.14. The molecular weight excluding hydrogens is 269 g/mol. The average Bonchev–Trinajstić information content (AvgIpc) is 1.97. The summed E-state index contributed by atoms with van der Waals surface area (Å²) >= 11 is 11.4. The lowest BCUT2D eigenvalue weighted by molar-refractivity contribution is -0.535. The van der Waals surface area contributed by atoms with Gasteiger partial charge in [-0.25, -0.2) is 0 Å². The molecule has 17 heavy (non-hydrogen) atoms. The zero-order chi connectivity index (χ0) is 14.1. The van der Waals surface area contributed by atoms with Crippen LogP contribution in [0.25, 0.3) is 0 Å². The highest BCUT2D eigenvalue weighted by molar-refractivity contribution is 6.47. The fourth-order valence-electron chi connectivity index (χ4n) is 2.02. The molecule has 0 spiro atoms. The molecule has 0 aromatic carbocycles. The molecule has 0 saturated heterocycles. The first-order chi connectivity index (χ1) is 7.32. The first-order valence-corrected chi connectivity index (χ1v) is 5.81. The van der Waals surface area contributed by atoms with Crippen LogP contribution in [0.2, 0.25) is 0 Å². The van der Waals surface area contributed by atoms with E-state index in [1.165, 1.54) is 0 Å². The number of carboxylic acids is 1. The van der Waals surface area contributed by atoms with Crippen LogP contribution in [0.1, 0.15) is 40.5 Å². The minimum absolute atomic E-state index is 0.0992. The summed E-state index contributed by atoms with van der Waals surface area (Å²) in [6.45, 7) is 6.54. The number of aliphatic carboxylic acids is 1. The van der Waals surface area contributed by atoms with Crippen LogP contribution in [0.4, 0.5) is 0 Å². The van der Waals surface area contributed by atoms with Gasteiger partial charge in [0.25, 0.3) is 0 Å². The van der Waals surface area contributed by atoms with Crippen LogP contribution in [0.5, 0.6) is 0 Å². The standard InChI is InChI=1S/C10H17Cl2NO4/c1-8(2,5-7(14)15)6-9(3,4)10(11,12)13(16)17/h5-6H2,1-4H3,(H,14,15). The maximum Gasteiger partial charge on any atom is 0.375 e. The molecule has 7 heteroatoms. The van der Waals surface area contributed by atoms with Gasteiger partial charge < -0.3 is 5.11 Å². The quantitative estimate of drug-likeness (QED) is 0.351. The molecule has 0 heterocycles. The van der Waals surface area contributed by atoms with Crippen LogP contribution in [-0.4, -0.2) is 20.5 Å². The van der Waals surface area contributed by atoms with Crippen molar-refractivity contribution in [3.63, 3.8) is 0 Å². The second kappa shape index (κ2) is 4.98. The van der Waals surface area contributed by atoms with Crippen LogP contribution in [-0.2, 0) is 4.79 Å². The van der Waals surface area contributed by atoms with Gasteiger partial charge in [-0.1, -0.05) is 27.7 Å². The summed E-state index contributed by atoms with van der Waals surface area (Å²) in [6.07, 6.45) is 0.123. The Morgan fingerprint density at radius 3 is 2.00 bits per heavy atom. The van der Waals surface area contributed by atoms with Crippen LogP contribution in [0.3, 0.4) is 0 Å². The van der Waals surface area contributed by atoms with Crippen molar-refractivity contribution in [3.8, 4) is 0 Å². The molecule has 0 aliphatic rings. The third-order valence-electron chi connectivity index (χ3n) is 2.59. The zero-order valence-corrected chi connectivity index (χ0v) is 11.8. The minimum atomic E-state index is -2.14. The molecule has 5 nitrogen and oxygen atoms in total.